The molecule has 0 aromatic heterocycles. The van der Waals surface area contributed by atoms with Crippen molar-refractivity contribution in [3.8, 4) is 17.1 Å². The average molecular weight is 428 g/mol. The van der Waals surface area contributed by atoms with E-state index in [-0.39, 0.29) is 0 Å². The largest absolute Gasteiger partial charge is 0.497 e. The first-order valence-corrected chi connectivity index (χ1v) is 11.1. The second-order valence-corrected chi connectivity index (χ2v) is 8.05. The molecule has 164 valence electrons. The molecule has 0 saturated carbocycles. The van der Waals surface area contributed by atoms with Crippen molar-refractivity contribution in [1.82, 2.24) is 4.58 Å². The van der Waals surface area contributed by atoms with Gasteiger partial charge in [0.1, 0.15) is 30.2 Å². The molecule has 1 heterocycles. The Kier molecular flexibility index (Phi) is 6.31. The number of nitrogens with zero attached hydrogens (tertiary/aromatic N) is 2. The molecule has 4 heteroatoms. The number of anilines is 1. The summed E-state index contributed by atoms with van der Waals surface area (Å²) in [5.41, 5.74) is 5.40. The molecule has 4 nitrogen and oxygen atoms in total. The lowest BCUT2D eigenvalue weighted by molar-refractivity contribution is 0.414. The van der Waals surface area contributed by atoms with E-state index in [0.29, 0.717) is 0 Å². The van der Waals surface area contributed by atoms with Crippen LogP contribution in [0.25, 0.3) is 34.4 Å². The molecule has 0 spiro atoms. The lowest BCUT2D eigenvalue weighted by atomic mass is 9.98. The zero-order valence-corrected chi connectivity index (χ0v) is 19.6. The Bertz CT molecular complexity index is 1290. The molecule has 0 fully saturated rings. The Morgan fingerprint density at radius 3 is 2.31 bits per heavy atom. The Balaban J connectivity index is 1.91. The van der Waals surface area contributed by atoms with Crippen molar-refractivity contribution in [2.75, 3.05) is 39.2 Å². The first kappa shape index (κ1) is 21.7. The second-order valence-electron chi connectivity index (χ2n) is 8.05. The fraction of sp³-hybridized carbons (Fsp3) is 0.250. The SMILES string of the molecule is CC[N+](CC)=c1ccc2c(/C=C/c3ccc(N(C)C)cc3)c3ccc(OC)cc3oc-2c1. The summed E-state index contributed by atoms with van der Waals surface area (Å²) >= 11 is 0. The van der Waals surface area contributed by atoms with Gasteiger partial charge < -0.3 is 14.1 Å². The maximum atomic E-state index is 6.36. The van der Waals surface area contributed by atoms with Crippen LogP contribution in [0.5, 0.6) is 5.75 Å². The fourth-order valence-electron chi connectivity index (χ4n) is 4.05. The molecule has 0 bridgehead atoms. The van der Waals surface area contributed by atoms with Crippen molar-refractivity contribution in [2.45, 2.75) is 13.8 Å². The molecule has 2 aliphatic rings. The van der Waals surface area contributed by atoms with Gasteiger partial charge in [-0.25, -0.2) is 4.58 Å². The summed E-state index contributed by atoms with van der Waals surface area (Å²) in [4.78, 5) is 2.11. The second kappa shape index (κ2) is 9.31. The van der Waals surface area contributed by atoms with E-state index >= 15 is 0 Å². The van der Waals surface area contributed by atoms with E-state index in [1.54, 1.807) is 7.11 Å². The van der Waals surface area contributed by atoms with Crippen LogP contribution in [0.4, 0.5) is 5.69 Å². The molecule has 0 saturated heterocycles. The van der Waals surface area contributed by atoms with E-state index < -0.39 is 0 Å². The van der Waals surface area contributed by atoms with Gasteiger partial charge in [0.2, 0.25) is 5.36 Å². The zero-order chi connectivity index (χ0) is 22.7. The maximum Gasteiger partial charge on any atom is 0.203 e. The van der Waals surface area contributed by atoms with Crippen LogP contribution in [0.3, 0.4) is 0 Å². The van der Waals surface area contributed by atoms with Crippen LogP contribution in [-0.4, -0.2) is 34.3 Å². The smallest absolute Gasteiger partial charge is 0.203 e. The third-order valence-electron chi connectivity index (χ3n) is 5.93. The molecule has 1 aliphatic carbocycles. The number of ether oxygens (including phenoxy) is 1. The number of fused-ring (bicyclic) bond motifs is 2. The van der Waals surface area contributed by atoms with Gasteiger partial charge in [0.05, 0.1) is 13.2 Å². The lowest BCUT2D eigenvalue weighted by Crippen LogP contribution is -2.29. The van der Waals surface area contributed by atoms with Crippen molar-refractivity contribution in [2.24, 2.45) is 0 Å². The van der Waals surface area contributed by atoms with Crippen LogP contribution in [0.2, 0.25) is 0 Å². The Morgan fingerprint density at radius 2 is 1.66 bits per heavy atom. The minimum Gasteiger partial charge on any atom is -0.497 e. The van der Waals surface area contributed by atoms with Crippen molar-refractivity contribution >= 4 is 28.8 Å². The third-order valence-corrected chi connectivity index (χ3v) is 5.93. The Labute approximate surface area is 190 Å². The van der Waals surface area contributed by atoms with E-state index in [0.717, 1.165) is 52.3 Å². The number of methoxy groups -OCH3 is 1. The lowest BCUT2D eigenvalue weighted by Gasteiger charge is -2.13. The van der Waals surface area contributed by atoms with Gasteiger partial charge in [0.15, 0.2) is 0 Å². The standard InChI is InChI=1S/C28H31N2O2/c1-6-30(7-2)22-13-16-25-24(15-10-20-8-11-21(12-9-20)29(3)4)26-17-14-23(31-5)19-28(26)32-27(25)18-22/h8-19H,6-7H2,1-5H3/q+1. The van der Waals surface area contributed by atoms with E-state index in [4.69, 9.17) is 9.15 Å². The first-order chi connectivity index (χ1) is 15.5. The van der Waals surface area contributed by atoms with Gasteiger partial charge in [-0.2, -0.15) is 0 Å². The van der Waals surface area contributed by atoms with Gasteiger partial charge in [0.25, 0.3) is 0 Å². The molecule has 0 atom stereocenters. The maximum absolute atomic E-state index is 6.36. The quantitative estimate of drug-likeness (QED) is 0.296. The van der Waals surface area contributed by atoms with Gasteiger partial charge in [-0.1, -0.05) is 24.3 Å². The van der Waals surface area contributed by atoms with Crippen molar-refractivity contribution in [1.29, 1.82) is 0 Å². The highest BCUT2D eigenvalue weighted by Gasteiger charge is 2.16. The van der Waals surface area contributed by atoms with Gasteiger partial charge in [0, 0.05) is 42.9 Å². The number of hydrogen-bond acceptors (Lipinski definition) is 3. The third kappa shape index (κ3) is 4.26. The fourth-order valence-corrected chi connectivity index (χ4v) is 4.05. The summed E-state index contributed by atoms with van der Waals surface area (Å²) in [5.74, 6) is 1.66. The number of rotatable bonds is 6. The molecule has 0 radical (unpaired) electrons. The van der Waals surface area contributed by atoms with E-state index in [2.05, 4.69) is 98.1 Å². The van der Waals surface area contributed by atoms with Gasteiger partial charge in [-0.15, -0.1) is 0 Å². The van der Waals surface area contributed by atoms with Crippen LogP contribution in [0.1, 0.15) is 25.0 Å². The van der Waals surface area contributed by atoms with Crippen LogP contribution >= 0.6 is 0 Å². The van der Waals surface area contributed by atoms with Gasteiger partial charge in [-0.3, -0.25) is 0 Å². The molecule has 2 aromatic rings. The van der Waals surface area contributed by atoms with Crippen molar-refractivity contribution < 1.29 is 9.15 Å². The molecule has 1 aliphatic heterocycles. The van der Waals surface area contributed by atoms with E-state index in [1.807, 2.05) is 12.1 Å². The first-order valence-electron chi connectivity index (χ1n) is 11.1. The molecule has 2 aromatic carbocycles. The minimum atomic E-state index is 0.787. The predicted octanol–water partition coefficient (Wildman–Crippen LogP) is 5.59. The number of hydrogen-bond donors (Lipinski definition) is 0. The zero-order valence-electron chi connectivity index (χ0n) is 19.6. The summed E-state index contributed by atoms with van der Waals surface area (Å²) in [6.45, 7) is 6.26. The molecular weight excluding hydrogens is 396 g/mol. The normalized spacial score (nSPS) is 11.4. The van der Waals surface area contributed by atoms with Crippen molar-refractivity contribution in [3.63, 3.8) is 0 Å². The summed E-state index contributed by atoms with van der Waals surface area (Å²) in [7, 11) is 5.79. The minimum absolute atomic E-state index is 0.787. The van der Waals surface area contributed by atoms with Crippen molar-refractivity contribution in [3.05, 3.63) is 77.1 Å². The number of benzene rings is 3. The highest BCUT2D eigenvalue weighted by atomic mass is 16.5. The molecule has 32 heavy (non-hydrogen) atoms. The van der Waals surface area contributed by atoms with Crippen LogP contribution in [0, 0.1) is 0 Å². The predicted molar refractivity (Wildman–Crippen MR) is 135 cm³/mol. The summed E-state index contributed by atoms with van der Waals surface area (Å²) in [6.07, 6.45) is 4.35. The molecular formula is C28H31N2O2+. The van der Waals surface area contributed by atoms with Gasteiger partial charge in [-0.05, 0) is 55.3 Å². The van der Waals surface area contributed by atoms with Crippen LogP contribution in [0.15, 0.2) is 65.1 Å². The molecule has 0 amide bonds. The summed E-state index contributed by atoms with van der Waals surface area (Å²) in [6, 6.07) is 21.1. The van der Waals surface area contributed by atoms with Gasteiger partial charge >= 0.3 is 0 Å². The van der Waals surface area contributed by atoms with Crippen LogP contribution in [-0.2, 0) is 0 Å². The monoisotopic (exact) mass is 427 g/mol. The summed E-state index contributed by atoms with van der Waals surface area (Å²) in [5, 5.41) is 2.23. The summed E-state index contributed by atoms with van der Waals surface area (Å²) < 4.78 is 14.1. The topological polar surface area (TPSA) is 28.6 Å². The highest BCUT2D eigenvalue weighted by Crippen LogP contribution is 2.35. The molecule has 0 unspecified atom stereocenters. The van der Waals surface area contributed by atoms with E-state index in [1.165, 1.54) is 11.0 Å². The Hall–Kier alpha value is -3.53. The average Bonchev–Trinajstić information content (AvgIpc) is 2.82. The highest BCUT2D eigenvalue weighted by molar-refractivity contribution is 5.97. The Morgan fingerprint density at radius 1 is 0.906 bits per heavy atom. The van der Waals surface area contributed by atoms with E-state index in [9.17, 15) is 0 Å². The molecule has 4 rings (SSSR count). The molecule has 0 N–H and O–H groups in total. The van der Waals surface area contributed by atoms with Crippen LogP contribution < -0.4 is 19.6 Å².